The lowest BCUT2D eigenvalue weighted by Crippen LogP contribution is -2.74. The van der Waals surface area contributed by atoms with Gasteiger partial charge in [-0.15, -0.1) is 0 Å². The predicted molar refractivity (Wildman–Crippen MR) is 112 cm³/mol. The Hall–Kier alpha value is -1.68. The Labute approximate surface area is 191 Å². The van der Waals surface area contributed by atoms with E-state index < -0.39 is 76.5 Å². The van der Waals surface area contributed by atoms with Crippen LogP contribution in [0.25, 0.3) is 0 Å². The largest absolute Gasteiger partial charge is 0.458 e. The standard InChI is InChI=1S/C24H33FO8/c1-11-7-14-18-20(31)19(30)15-8-13(27)5-6-21(15,3)23(18,25)16(28)9-22(14,4)24(11,32)17(29)10-33-12(2)26/h8,11,14,16,18-20,28,30-32H,5-7,9-10H2,1-4H3/t11-,14+,16+,18-,19+,20-,21+,22+,23-,24+/m1/s1. The van der Waals surface area contributed by atoms with Crippen LogP contribution in [0.3, 0.4) is 0 Å². The lowest BCUT2D eigenvalue weighted by molar-refractivity contribution is -0.262. The molecule has 0 aromatic carbocycles. The third-order valence-electron chi connectivity index (χ3n) is 9.54. The van der Waals surface area contributed by atoms with E-state index in [0.717, 1.165) is 6.92 Å². The molecule has 0 heterocycles. The maximum atomic E-state index is 17.2. The van der Waals surface area contributed by atoms with E-state index in [-0.39, 0.29) is 37.0 Å². The Morgan fingerprint density at radius 2 is 1.88 bits per heavy atom. The first-order valence-corrected chi connectivity index (χ1v) is 11.5. The molecule has 0 saturated heterocycles. The molecule has 9 heteroatoms. The number of hydrogen-bond donors (Lipinski definition) is 4. The molecule has 0 aromatic rings. The fourth-order valence-corrected chi connectivity index (χ4v) is 7.79. The van der Waals surface area contributed by atoms with Crippen molar-refractivity contribution < 1.29 is 43.9 Å². The zero-order valence-electron chi connectivity index (χ0n) is 19.4. The molecule has 10 atom stereocenters. The van der Waals surface area contributed by atoms with E-state index in [4.69, 9.17) is 4.74 Å². The van der Waals surface area contributed by atoms with E-state index >= 15 is 4.39 Å². The molecule has 184 valence electrons. The maximum absolute atomic E-state index is 17.2. The average Bonchev–Trinajstić information content (AvgIpc) is 2.93. The van der Waals surface area contributed by atoms with Gasteiger partial charge in [-0.2, -0.15) is 0 Å². The number of aliphatic hydroxyl groups excluding tert-OH is 3. The summed E-state index contributed by atoms with van der Waals surface area (Å²) < 4.78 is 22.0. The van der Waals surface area contributed by atoms with Gasteiger partial charge in [0.1, 0.15) is 11.7 Å². The van der Waals surface area contributed by atoms with Crippen LogP contribution in [-0.2, 0) is 19.1 Å². The molecule has 0 unspecified atom stereocenters. The van der Waals surface area contributed by atoms with Gasteiger partial charge in [-0.05, 0) is 42.7 Å². The Morgan fingerprint density at radius 3 is 2.48 bits per heavy atom. The van der Waals surface area contributed by atoms with E-state index in [1.54, 1.807) is 20.8 Å². The number of ether oxygens (including phenoxy) is 1. The van der Waals surface area contributed by atoms with Gasteiger partial charge in [-0.25, -0.2) is 4.39 Å². The molecule has 0 amide bonds. The first-order valence-electron chi connectivity index (χ1n) is 11.5. The molecule has 0 radical (unpaired) electrons. The van der Waals surface area contributed by atoms with Crippen LogP contribution in [0.4, 0.5) is 4.39 Å². The summed E-state index contributed by atoms with van der Waals surface area (Å²) in [4.78, 5) is 36.4. The lowest BCUT2D eigenvalue weighted by atomic mass is 9.42. The van der Waals surface area contributed by atoms with Crippen molar-refractivity contribution in [2.75, 3.05) is 6.61 Å². The molecule has 0 bridgehead atoms. The highest BCUT2D eigenvalue weighted by Crippen LogP contribution is 2.71. The molecule has 0 aromatic heterocycles. The number of carbonyl (C=O) groups excluding carboxylic acids is 3. The molecular formula is C24H33FO8. The Morgan fingerprint density at radius 1 is 1.24 bits per heavy atom. The number of carbonyl (C=O) groups is 3. The summed E-state index contributed by atoms with van der Waals surface area (Å²) >= 11 is 0. The zero-order valence-corrected chi connectivity index (χ0v) is 19.4. The fraction of sp³-hybridized carbons (Fsp3) is 0.792. The van der Waals surface area contributed by atoms with Gasteiger partial charge < -0.3 is 25.2 Å². The smallest absolute Gasteiger partial charge is 0.303 e. The van der Waals surface area contributed by atoms with Gasteiger partial charge >= 0.3 is 5.97 Å². The Bertz CT molecular complexity index is 933. The van der Waals surface area contributed by atoms with Crippen molar-refractivity contribution in [3.8, 4) is 0 Å². The van der Waals surface area contributed by atoms with E-state index in [1.807, 2.05) is 0 Å². The van der Waals surface area contributed by atoms with E-state index in [2.05, 4.69) is 0 Å². The van der Waals surface area contributed by atoms with Gasteiger partial charge in [0.15, 0.2) is 18.1 Å². The molecule has 33 heavy (non-hydrogen) atoms. The van der Waals surface area contributed by atoms with E-state index in [0.29, 0.717) is 0 Å². The second-order valence-electron chi connectivity index (χ2n) is 11.0. The van der Waals surface area contributed by atoms with Crippen LogP contribution in [0.2, 0.25) is 0 Å². The summed E-state index contributed by atoms with van der Waals surface area (Å²) in [5.41, 5.74) is -7.06. The van der Waals surface area contributed by atoms with Crippen LogP contribution in [0.15, 0.2) is 11.6 Å². The predicted octanol–water partition coefficient (Wildman–Crippen LogP) is 0.632. The van der Waals surface area contributed by atoms with Crippen molar-refractivity contribution in [1.82, 2.24) is 0 Å². The SMILES string of the molecule is CC(=O)OCC(=O)[C@@]1(O)[C@H](C)C[C@H]2[C@@H]3[C@@H](O)[C@@H](O)C4=CC(=O)CC[C@]4(C)[C@@]3(F)[C@@H](O)C[C@@]21C. The Balaban J connectivity index is 1.83. The van der Waals surface area contributed by atoms with Crippen molar-refractivity contribution in [2.24, 2.45) is 28.6 Å². The van der Waals surface area contributed by atoms with Crippen LogP contribution in [0.5, 0.6) is 0 Å². The zero-order chi connectivity index (χ0) is 24.7. The van der Waals surface area contributed by atoms with Gasteiger partial charge in [-0.1, -0.05) is 20.8 Å². The molecule has 0 aliphatic heterocycles. The molecule has 8 nitrogen and oxygen atoms in total. The molecule has 0 spiro atoms. The van der Waals surface area contributed by atoms with Crippen LogP contribution >= 0.6 is 0 Å². The first-order chi connectivity index (χ1) is 15.2. The molecule has 4 aliphatic carbocycles. The van der Waals surface area contributed by atoms with Crippen molar-refractivity contribution >= 4 is 17.5 Å². The van der Waals surface area contributed by atoms with Crippen LogP contribution in [-0.4, -0.2) is 74.2 Å². The van der Waals surface area contributed by atoms with Crippen molar-refractivity contribution in [2.45, 2.75) is 83.0 Å². The number of alkyl halides is 1. The number of ketones is 2. The number of fused-ring (bicyclic) bond motifs is 5. The highest BCUT2D eigenvalue weighted by Gasteiger charge is 2.78. The highest BCUT2D eigenvalue weighted by atomic mass is 19.1. The number of rotatable bonds is 3. The summed E-state index contributed by atoms with van der Waals surface area (Å²) in [5.74, 6) is -4.41. The maximum Gasteiger partial charge on any atom is 0.303 e. The van der Waals surface area contributed by atoms with E-state index in [9.17, 15) is 34.8 Å². The number of hydrogen-bond acceptors (Lipinski definition) is 8. The summed E-state index contributed by atoms with van der Waals surface area (Å²) in [6.07, 6.45) is -3.62. The quantitative estimate of drug-likeness (QED) is 0.442. The van der Waals surface area contributed by atoms with Gasteiger partial charge in [0.25, 0.3) is 0 Å². The third-order valence-corrected chi connectivity index (χ3v) is 9.54. The number of halogens is 1. The number of esters is 1. The summed E-state index contributed by atoms with van der Waals surface area (Å²) in [5, 5.41) is 45.1. The number of Topliss-reactive ketones (excluding diaryl/α,β-unsaturated/α-hetero) is 1. The van der Waals surface area contributed by atoms with Crippen molar-refractivity contribution in [3.63, 3.8) is 0 Å². The fourth-order valence-electron chi connectivity index (χ4n) is 7.79. The molecule has 4 N–H and O–H groups in total. The van der Waals surface area contributed by atoms with Crippen LogP contribution in [0, 0.1) is 28.6 Å². The molecule has 4 aliphatic rings. The van der Waals surface area contributed by atoms with Crippen molar-refractivity contribution in [3.05, 3.63) is 11.6 Å². The second-order valence-corrected chi connectivity index (χ2v) is 11.0. The molecule has 4 rings (SSSR count). The summed E-state index contributed by atoms with van der Waals surface area (Å²) in [7, 11) is 0. The van der Waals surface area contributed by atoms with Gasteiger partial charge in [-0.3, -0.25) is 14.4 Å². The van der Waals surface area contributed by atoms with Gasteiger partial charge in [0.2, 0.25) is 5.78 Å². The topological polar surface area (TPSA) is 141 Å². The minimum atomic E-state index is -2.38. The van der Waals surface area contributed by atoms with Crippen molar-refractivity contribution in [1.29, 1.82) is 0 Å². The van der Waals surface area contributed by atoms with Crippen LogP contribution in [0.1, 0.15) is 53.4 Å². The second kappa shape index (κ2) is 7.41. The lowest BCUT2D eigenvalue weighted by Gasteiger charge is -2.65. The Kier molecular flexibility index (Phi) is 5.49. The molecule has 3 fully saturated rings. The number of aliphatic hydroxyl groups is 4. The minimum absolute atomic E-state index is 0.0526. The van der Waals surface area contributed by atoms with Gasteiger partial charge in [0, 0.05) is 30.1 Å². The minimum Gasteiger partial charge on any atom is -0.458 e. The summed E-state index contributed by atoms with van der Waals surface area (Å²) in [6.45, 7) is 5.28. The van der Waals surface area contributed by atoms with E-state index in [1.165, 1.54) is 6.08 Å². The molecular weight excluding hydrogens is 435 g/mol. The monoisotopic (exact) mass is 468 g/mol. The van der Waals surface area contributed by atoms with Crippen LogP contribution < -0.4 is 0 Å². The average molecular weight is 469 g/mol. The van der Waals surface area contributed by atoms with Gasteiger partial charge in [0.05, 0.1) is 12.2 Å². The normalized spacial score (nSPS) is 51.2. The summed E-state index contributed by atoms with van der Waals surface area (Å²) in [6, 6.07) is 0. The highest BCUT2D eigenvalue weighted by molar-refractivity contribution is 5.92. The first kappa shape index (κ1) is 24.4. The third kappa shape index (κ3) is 2.85. The molecule has 3 saturated carbocycles.